The van der Waals surface area contributed by atoms with Crippen molar-refractivity contribution in [1.82, 2.24) is 4.98 Å². The Morgan fingerprint density at radius 2 is 1.77 bits per heavy atom. The summed E-state index contributed by atoms with van der Waals surface area (Å²) in [6.45, 7) is 8.57. The zero-order valence-corrected chi connectivity index (χ0v) is 18.9. The average Bonchev–Trinajstić information content (AvgIpc) is 3.23. The molecule has 0 bridgehead atoms. The van der Waals surface area contributed by atoms with Gasteiger partial charge in [-0.2, -0.15) is 13.2 Å². The van der Waals surface area contributed by atoms with Gasteiger partial charge in [-0.1, -0.05) is 57.5 Å². The van der Waals surface area contributed by atoms with Gasteiger partial charge in [0.25, 0.3) is 0 Å². The Hall–Kier alpha value is -2.34. The van der Waals surface area contributed by atoms with Crippen LogP contribution in [0.2, 0.25) is 0 Å². The SMILES string of the molecule is CCC(C)(C)Cc1ccc2c(c1)CCN(c1nc(-c3ccc(C(F)(F)F)cc3)cs1)C2. The molecule has 2 aromatic carbocycles. The maximum absolute atomic E-state index is 12.8. The first-order valence-electron chi connectivity index (χ1n) is 10.6. The van der Waals surface area contributed by atoms with E-state index in [-0.39, 0.29) is 0 Å². The highest BCUT2D eigenvalue weighted by Crippen LogP contribution is 2.34. The van der Waals surface area contributed by atoms with Crippen LogP contribution in [0.1, 0.15) is 49.4 Å². The second-order valence-electron chi connectivity index (χ2n) is 9.06. The molecule has 1 aliphatic rings. The molecule has 2 heterocycles. The molecule has 0 fully saturated rings. The van der Waals surface area contributed by atoms with Crippen LogP contribution in [0, 0.1) is 5.41 Å². The van der Waals surface area contributed by atoms with E-state index in [4.69, 9.17) is 4.98 Å². The van der Waals surface area contributed by atoms with Crippen molar-refractivity contribution in [2.24, 2.45) is 5.41 Å². The van der Waals surface area contributed by atoms with Gasteiger partial charge < -0.3 is 4.90 Å². The zero-order chi connectivity index (χ0) is 22.2. The lowest BCUT2D eigenvalue weighted by Crippen LogP contribution is -2.30. The predicted molar refractivity (Wildman–Crippen MR) is 122 cm³/mol. The highest BCUT2D eigenvalue weighted by molar-refractivity contribution is 7.14. The van der Waals surface area contributed by atoms with E-state index in [1.807, 2.05) is 5.38 Å². The summed E-state index contributed by atoms with van der Waals surface area (Å²) >= 11 is 1.54. The lowest BCUT2D eigenvalue weighted by molar-refractivity contribution is -0.137. The molecular weight excluding hydrogens is 417 g/mol. The standard InChI is InChI=1S/C25H27F3N2S/c1-4-24(2,3)14-17-5-6-20-15-30(12-11-19(20)13-17)23-29-22(16-31-23)18-7-9-21(10-8-18)25(26,27)28/h5-10,13,16H,4,11-12,14-15H2,1-3H3. The van der Waals surface area contributed by atoms with Gasteiger partial charge in [0, 0.05) is 24.0 Å². The molecule has 0 unspecified atom stereocenters. The normalized spacial score (nSPS) is 14.6. The Labute approximate surface area is 185 Å². The number of aromatic nitrogens is 1. The van der Waals surface area contributed by atoms with Crippen LogP contribution in [0.3, 0.4) is 0 Å². The van der Waals surface area contributed by atoms with Crippen molar-refractivity contribution in [2.75, 3.05) is 11.4 Å². The van der Waals surface area contributed by atoms with Crippen LogP contribution in [0.5, 0.6) is 0 Å². The fraction of sp³-hybridized carbons (Fsp3) is 0.400. The number of benzene rings is 2. The fourth-order valence-electron chi connectivity index (χ4n) is 3.93. The van der Waals surface area contributed by atoms with Crippen molar-refractivity contribution < 1.29 is 13.2 Å². The van der Waals surface area contributed by atoms with Crippen LogP contribution >= 0.6 is 11.3 Å². The molecule has 0 saturated carbocycles. The van der Waals surface area contributed by atoms with Gasteiger partial charge in [-0.25, -0.2) is 4.98 Å². The first kappa shape index (κ1) is 21.9. The number of hydrogen-bond donors (Lipinski definition) is 0. The topological polar surface area (TPSA) is 16.1 Å². The quantitative estimate of drug-likeness (QED) is 0.408. The number of halogens is 3. The number of anilines is 1. The minimum atomic E-state index is -4.32. The Balaban J connectivity index is 1.47. The van der Waals surface area contributed by atoms with Crippen molar-refractivity contribution in [3.05, 3.63) is 70.1 Å². The van der Waals surface area contributed by atoms with E-state index in [2.05, 4.69) is 43.9 Å². The second kappa shape index (κ2) is 8.30. The van der Waals surface area contributed by atoms with Crippen molar-refractivity contribution in [3.8, 4) is 11.3 Å². The van der Waals surface area contributed by atoms with Gasteiger partial charge in [0.1, 0.15) is 0 Å². The van der Waals surface area contributed by atoms with Gasteiger partial charge in [0.2, 0.25) is 0 Å². The zero-order valence-electron chi connectivity index (χ0n) is 18.1. The molecule has 31 heavy (non-hydrogen) atoms. The summed E-state index contributed by atoms with van der Waals surface area (Å²) in [6, 6.07) is 12.1. The number of thiazole rings is 1. The van der Waals surface area contributed by atoms with E-state index >= 15 is 0 Å². The van der Waals surface area contributed by atoms with Crippen molar-refractivity contribution in [2.45, 2.75) is 52.8 Å². The first-order chi connectivity index (χ1) is 14.6. The second-order valence-corrected chi connectivity index (χ2v) is 9.90. The van der Waals surface area contributed by atoms with E-state index in [1.54, 1.807) is 11.3 Å². The number of alkyl halides is 3. The van der Waals surface area contributed by atoms with Crippen LogP contribution in [0.4, 0.5) is 18.3 Å². The third-order valence-corrected chi connectivity index (χ3v) is 7.09. The van der Waals surface area contributed by atoms with Gasteiger partial charge in [-0.3, -0.25) is 0 Å². The number of hydrogen-bond acceptors (Lipinski definition) is 3. The molecule has 2 nitrogen and oxygen atoms in total. The summed E-state index contributed by atoms with van der Waals surface area (Å²) in [6.07, 6.45) is -1.10. The average molecular weight is 445 g/mol. The number of fused-ring (bicyclic) bond motifs is 1. The van der Waals surface area contributed by atoms with E-state index in [1.165, 1.54) is 28.8 Å². The third-order valence-electron chi connectivity index (χ3n) is 6.19. The molecule has 0 amide bonds. The van der Waals surface area contributed by atoms with Crippen molar-refractivity contribution >= 4 is 16.5 Å². The van der Waals surface area contributed by atoms with E-state index in [9.17, 15) is 13.2 Å². The van der Waals surface area contributed by atoms with E-state index in [0.29, 0.717) is 11.0 Å². The number of rotatable bonds is 5. The molecule has 164 valence electrons. The first-order valence-corrected chi connectivity index (χ1v) is 11.5. The summed E-state index contributed by atoms with van der Waals surface area (Å²) in [4.78, 5) is 6.97. The van der Waals surface area contributed by atoms with Crippen LogP contribution in [-0.2, 0) is 25.6 Å². The van der Waals surface area contributed by atoms with E-state index < -0.39 is 11.7 Å². The molecule has 0 radical (unpaired) electrons. The lowest BCUT2D eigenvalue weighted by atomic mass is 9.82. The van der Waals surface area contributed by atoms with Gasteiger partial charge in [-0.15, -0.1) is 11.3 Å². The van der Waals surface area contributed by atoms with Gasteiger partial charge in [0.15, 0.2) is 5.13 Å². The van der Waals surface area contributed by atoms with Crippen LogP contribution in [0.25, 0.3) is 11.3 Å². The predicted octanol–water partition coefficient (Wildman–Crippen LogP) is 7.37. The maximum atomic E-state index is 12.8. The van der Waals surface area contributed by atoms with Crippen molar-refractivity contribution in [1.29, 1.82) is 0 Å². The molecule has 0 saturated heterocycles. The van der Waals surface area contributed by atoms with Crippen molar-refractivity contribution in [3.63, 3.8) is 0 Å². The Bertz CT molecular complexity index is 1050. The summed E-state index contributed by atoms with van der Waals surface area (Å²) in [5, 5.41) is 2.83. The maximum Gasteiger partial charge on any atom is 0.416 e. The van der Waals surface area contributed by atoms with Gasteiger partial charge in [-0.05, 0) is 47.1 Å². The Morgan fingerprint density at radius 1 is 1.03 bits per heavy atom. The molecule has 3 aromatic rings. The molecule has 0 atom stereocenters. The highest BCUT2D eigenvalue weighted by atomic mass is 32.1. The Kier molecular flexibility index (Phi) is 5.86. The summed E-state index contributed by atoms with van der Waals surface area (Å²) in [5.74, 6) is 0. The molecular formula is C25H27F3N2S. The van der Waals surface area contributed by atoms with Gasteiger partial charge in [0.05, 0.1) is 11.3 Å². The van der Waals surface area contributed by atoms with Crippen LogP contribution < -0.4 is 4.90 Å². The fourth-order valence-corrected chi connectivity index (χ4v) is 4.79. The summed E-state index contributed by atoms with van der Waals surface area (Å²) in [5.41, 5.74) is 5.24. The number of nitrogens with zero attached hydrogens (tertiary/aromatic N) is 2. The molecule has 6 heteroatoms. The largest absolute Gasteiger partial charge is 0.416 e. The minimum Gasteiger partial charge on any atom is -0.343 e. The molecule has 1 aromatic heterocycles. The molecule has 0 spiro atoms. The molecule has 0 aliphatic carbocycles. The monoisotopic (exact) mass is 444 g/mol. The minimum absolute atomic E-state index is 0.310. The van der Waals surface area contributed by atoms with Gasteiger partial charge >= 0.3 is 6.18 Å². The van der Waals surface area contributed by atoms with Crippen LogP contribution in [-0.4, -0.2) is 11.5 Å². The van der Waals surface area contributed by atoms with Crippen LogP contribution in [0.15, 0.2) is 47.8 Å². The van der Waals surface area contributed by atoms with E-state index in [0.717, 1.165) is 55.3 Å². The molecule has 4 rings (SSSR count). The summed E-state index contributed by atoms with van der Waals surface area (Å²) in [7, 11) is 0. The molecule has 1 aliphatic heterocycles. The smallest absolute Gasteiger partial charge is 0.343 e. The summed E-state index contributed by atoms with van der Waals surface area (Å²) < 4.78 is 38.4. The Morgan fingerprint density at radius 3 is 2.45 bits per heavy atom. The third kappa shape index (κ3) is 4.95. The highest BCUT2D eigenvalue weighted by Gasteiger charge is 2.30. The molecule has 0 N–H and O–H groups in total. The lowest BCUT2D eigenvalue weighted by Gasteiger charge is -2.29.